The minimum Gasteiger partial charge on any atom is -0.493 e. The van der Waals surface area contributed by atoms with Crippen molar-refractivity contribution in [1.82, 2.24) is 15.0 Å². The van der Waals surface area contributed by atoms with Gasteiger partial charge in [0, 0.05) is 41.9 Å². The molecule has 1 aliphatic heterocycles. The van der Waals surface area contributed by atoms with Crippen LogP contribution in [0, 0.1) is 0 Å². The van der Waals surface area contributed by atoms with E-state index in [1.165, 1.54) is 24.7 Å². The number of benzene rings is 2. The summed E-state index contributed by atoms with van der Waals surface area (Å²) in [5.41, 5.74) is 11.8. The zero-order valence-electron chi connectivity index (χ0n) is 16.2. The van der Waals surface area contributed by atoms with E-state index in [9.17, 15) is 8.42 Å². The lowest BCUT2D eigenvalue weighted by Gasteiger charge is -2.11. The smallest absolute Gasteiger partial charge is 0.176 e. The van der Waals surface area contributed by atoms with Gasteiger partial charge in [0.1, 0.15) is 5.75 Å². The van der Waals surface area contributed by atoms with Gasteiger partial charge in [0.25, 0.3) is 0 Å². The molecule has 0 radical (unpaired) electrons. The molecule has 7 nitrogen and oxygen atoms in total. The Balaban J connectivity index is 1.75. The molecule has 5 rings (SSSR count). The van der Waals surface area contributed by atoms with Crippen LogP contribution in [0.4, 0.5) is 5.69 Å². The van der Waals surface area contributed by atoms with Crippen LogP contribution < -0.4 is 10.5 Å². The molecule has 0 fully saturated rings. The second kappa shape index (κ2) is 6.77. The third kappa shape index (κ3) is 3.15. The molecule has 2 aromatic carbocycles. The molecule has 30 heavy (non-hydrogen) atoms. The topological polar surface area (TPSA) is 108 Å². The Morgan fingerprint density at radius 3 is 2.77 bits per heavy atom. The first-order chi connectivity index (χ1) is 14.4. The molecule has 150 valence electrons. The van der Waals surface area contributed by atoms with Crippen LogP contribution in [0.5, 0.6) is 5.75 Å². The van der Waals surface area contributed by atoms with Gasteiger partial charge in [0.2, 0.25) is 0 Å². The molecule has 2 aromatic heterocycles. The van der Waals surface area contributed by atoms with E-state index in [2.05, 4.69) is 16.0 Å². The summed E-state index contributed by atoms with van der Waals surface area (Å²) in [6.07, 6.45) is 6.52. The third-order valence-corrected chi connectivity index (χ3v) is 6.28. The van der Waals surface area contributed by atoms with Gasteiger partial charge in [-0.05, 0) is 41.5 Å². The first-order valence-corrected chi connectivity index (χ1v) is 11.3. The predicted molar refractivity (Wildman–Crippen MR) is 115 cm³/mol. The van der Waals surface area contributed by atoms with Crippen molar-refractivity contribution in [1.29, 1.82) is 0 Å². The number of fused-ring (bicyclic) bond motifs is 2. The van der Waals surface area contributed by atoms with Gasteiger partial charge in [0.15, 0.2) is 9.84 Å². The quantitative estimate of drug-likeness (QED) is 0.509. The van der Waals surface area contributed by atoms with Crippen LogP contribution in [-0.4, -0.2) is 36.2 Å². The summed E-state index contributed by atoms with van der Waals surface area (Å²) >= 11 is 0. The van der Waals surface area contributed by atoms with E-state index in [1.54, 1.807) is 12.3 Å². The summed E-state index contributed by atoms with van der Waals surface area (Å²) in [5.74, 6) is 0.895. The summed E-state index contributed by atoms with van der Waals surface area (Å²) in [7, 11) is -3.45. The number of hydrogen-bond acceptors (Lipinski definition) is 7. The molecule has 0 unspecified atom stereocenters. The average molecular weight is 418 g/mol. The lowest BCUT2D eigenvalue weighted by molar-refractivity contribution is 0.357. The van der Waals surface area contributed by atoms with E-state index < -0.39 is 9.84 Å². The van der Waals surface area contributed by atoms with Gasteiger partial charge in [-0.25, -0.2) is 13.4 Å². The first kappa shape index (κ1) is 18.5. The largest absolute Gasteiger partial charge is 0.493 e. The van der Waals surface area contributed by atoms with Crippen molar-refractivity contribution in [3.05, 3.63) is 60.6 Å². The number of nitrogens with zero attached hydrogens (tertiary/aromatic N) is 3. The number of hydrogen-bond donors (Lipinski definition) is 1. The minimum absolute atomic E-state index is 0.165. The fraction of sp³-hybridized carbons (Fsp3) is 0.136. The molecule has 0 atom stereocenters. The second-order valence-electron chi connectivity index (χ2n) is 7.26. The highest BCUT2D eigenvalue weighted by molar-refractivity contribution is 7.90. The molecule has 0 aliphatic carbocycles. The highest BCUT2D eigenvalue weighted by Gasteiger charge is 2.18. The van der Waals surface area contributed by atoms with Crippen molar-refractivity contribution in [2.45, 2.75) is 11.3 Å². The zero-order chi connectivity index (χ0) is 20.9. The predicted octanol–water partition coefficient (Wildman–Crippen LogP) is 3.28. The molecule has 1 aliphatic rings. The molecule has 2 N–H and O–H groups in total. The van der Waals surface area contributed by atoms with Crippen molar-refractivity contribution < 1.29 is 13.2 Å². The van der Waals surface area contributed by atoms with Crippen LogP contribution >= 0.6 is 0 Å². The molecular formula is C22H18N4O3S. The summed E-state index contributed by atoms with van der Waals surface area (Å²) in [6, 6.07) is 11.1. The summed E-state index contributed by atoms with van der Waals surface area (Å²) in [5, 5.41) is 0. The molecule has 0 bridgehead atoms. The maximum Gasteiger partial charge on any atom is 0.176 e. The van der Waals surface area contributed by atoms with Crippen LogP contribution in [0.25, 0.3) is 33.4 Å². The van der Waals surface area contributed by atoms with Crippen LogP contribution in [0.1, 0.15) is 5.56 Å². The average Bonchev–Trinajstić information content (AvgIpc) is 3.20. The monoisotopic (exact) mass is 418 g/mol. The van der Waals surface area contributed by atoms with Crippen molar-refractivity contribution in [2.75, 3.05) is 18.6 Å². The molecule has 0 spiro atoms. The third-order valence-electron chi connectivity index (χ3n) is 5.13. The second-order valence-corrected chi connectivity index (χ2v) is 9.24. The number of nitrogens with two attached hydrogens (primary N) is 1. The van der Waals surface area contributed by atoms with Crippen molar-refractivity contribution >= 4 is 26.6 Å². The van der Waals surface area contributed by atoms with Crippen molar-refractivity contribution in [3.8, 4) is 28.1 Å². The normalized spacial score (nSPS) is 13.2. The van der Waals surface area contributed by atoms with Gasteiger partial charge in [-0.2, -0.15) is 0 Å². The molecule has 3 heterocycles. The summed E-state index contributed by atoms with van der Waals surface area (Å²) in [6.45, 7) is 0.676. The lowest BCUT2D eigenvalue weighted by Crippen LogP contribution is -2.02. The number of anilines is 1. The van der Waals surface area contributed by atoms with Gasteiger partial charge in [0.05, 0.1) is 34.4 Å². The number of pyridine rings is 1. The molecule has 0 saturated heterocycles. The van der Waals surface area contributed by atoms with Crippen molar-refractivity contribution in [3.63, 3.8) is 0 Å². The first-order valence-electron chi connectivity index (χ1n) is 9.37. The Kier molecular flexibility index (Phi) is 4.18. The SMILES string of the molecule is CS(=O)(=O)c1ccncc1-c1cnc2cc(N)cc(-c3ccc4c(c3)CCO4)c2n1. The fourth-order valence-corrected chi connectivity index (χ4v) is 4.60. The van der Waals surface area contributed by atoms with Crippen LogP contribution in [0.2, 0.25) is 0 Å². The maximum absolute atomic E-state index is 12.2. The highest BCUT2D eigenvalue weighted by atomic mass is 32.2. The Bertz CT molecular complexity index is 1420. The Labute approximate surface area is 173 Å². The fourth-order valence-electron chi connectivity index (χ4n) is 3.74. The van der Waals surface area contributed by atoms with E-state index in [-0.39, 0.29) is 4.90 Å². The van der Waals surface area contributed by atoms with E-state index in [1.807, 2.05) is 18.2 Å². The number of rotatable bonds is 3. The van der Waals surface area contributed by atoms with Crippen LogP contribution in [0.15, 0.2) is 59.9 Å². The Morgan fingerprint density at radius 2 is 1.93 bits per heavy atom. The molecule has 4 aromatic rings. The van der Waals surface area contributed by atoms with E-state index in [4.69, 9.17) is 15.5 Å². The lowest BCUT2D eigenvalue weighted by atomic mass is 9.99. The molecular weight excluding hydrogens is 400 g/mol. The van der Waals surface area contributed by atoms with Crippen molar-refractivity contribution in [2.24, 2.45) is 0 Å². The Morgan fingerprint density at radius 1 is 1.07 bits per heavy atom. The van der Waals surface area contributed by atoms with E-state index in [0.29, 0.717) is 34.6 Å². The molecule has 0 saturated carbocycles. The number of aromatic nitrogens is 3. The standard InChI is InChI=1S/C22H18N4O3S/c1-30(27,28)21-4-6-24-11-17(21)19-12-25-18-10-15(23)9-16(22(18)26-19)13-2-3-20-14(8-13)5-7-29-20/h2-4,6,8-12H,5,7,23H2,1H3. The molecule has 8 heteroatoms. The van der Waals surface area contributed by atoms with Gasteiger partial charge >= 0.3 is 0 Å². The highest BCUT2D eigenvalue weighted by Crippen LogP contribution is 2.35. The van der Waals surface area contributed by atoms with Gasteiger partial charge in [-0.3, -0.25) is 9.97 Å². The molecule has 0 amide bonds. The number of ether oxygens (including phenoxy) is 1. The van der Waals surface area contributed by atoms with Gasteiger partial charge in [-0.15, -0.1) is 0 Å². The minimum atomic E-state index is -3.45. The van der Waals surface area contributed by atoms with E-state index in [0.717, 1.165) is 28.9 Å². The summed E-state index contributed by atoms with van der Waals surface area (Å²) in [4.78, 5) is 13.5. The zero-order valence-corrected chi connectivity index (χ0v) is 17.0. The summed E-state index contributed by atoms with van der Waals surface area (Å²) < 4.78 is 30.1. The van der Waals surface area contributed by atoms with Gasteiger partial charge in [-0.1, -0.05) is 6.07 Å². The number of sulfone groups is 1. The van der Waals surface area contributed by atoms with E-state index >= 15 is 0 Å². The van der Waals surface area contributed by atoms with Gasteiger partial charge < -0.3 is 10.5 Å². The number of nitrogen functional groups attached to an aromatic ring is 1. The van der Waals surface area contributed by atoms with Crippen LogP contribution in [0.3, 0.4) is 0 Å². The van der Waals surface area contributed by atoms with Crippen LogP contribution in [-0.2, 0) is 16.3 Å². The Hall–Kier alpha value is -3.52. The maximum atomic E-state index is 12.2.